The topological polar surface area (TPSA) is 164 Å². The van der Waals surface area contributed by atoms with Crippen LogP contribution in [0.2, 0.25) is 0 Å². The molecule has 52 heavy (non-hydrogen) atoms. The van der Waals surface area contributed by atoms with E-state index >= 15 is 0 Å². The average molecular weight is 732 g/mol. The van der Waals surface area contributed by atoms with E-state index in [4.69, 9.17) is 14.2 Å². The van der Waals surface area contributed by atoms with Gasteiger partial charge in [0.05, 0.1) is 33.0 Å². The maximum atomic E-state index is 14.8. The van der Waals surface area contributed by atoms with Crippen LogP contribution in [0.1, 0.15) is 80.2 Å². The molecule has 1 aromatic carbocycles. The van der Waals surface area contributed by atoms with Gasteiger partial charge in [-0.1, -0.05) is 85.7 Å². The van der Waals surface area contributed by atoms with Crippen molar-refractivity contribution in [3.63, 3.8) is 0 Å². The molecule has 2 rings (SSSR count). The fourth-order valence-electron chi connectivity index (χ4n) is 6.12. The summed E-state index contributed by atoms with van der Waals surface area (Å²) in [5, 5.41) is 11.7. The Hall–Kier alpha value is -3.55. The number of benzene rings is 1. The highest BCUT2D eigenvalue weighted by Crippen LogP contribution is 2.18. The molecule has 0 spiro atoms. The zero-order valence-corrected chi connectivity index (χ0v) is 32.9. The molecule has 1 aliphatic rings. The minimum absolute atomic E-state index is 0.00894. The Morgan fingerprint density at radius 2 is 1.10 bits per heavy atom. The minimum Gasteiger partial charge on any atom is -0.382 e. The Bertz CT molecular complexity index is 1260. The zero-order chi connectivity index (χ0) is 38.8. The average Bonchev–Trinajstić information content (AvgIpc) is 3.07. The third-order valence-corrected chi connectivity index (χ3v) is 8.76. The van der Waals surface area contributed by atoms with Crippen LogP contribution >= 0.6 is 0 Å². The number of hydrogen-bond donors (Lipinski definition) is 4. The number of rotatable bonds is 18. The third-order valence-electron chi connectivity index (χ3n) is 8.76. The molecule has 0 saturated carbocycles. The summed E-state index contributed by atoms with van der Waals surface area (Å²) in [5.74, 6) is -2.78. The lowest BCUT2D eigenvalue weighted by Crippen LogP contribution is -2.60. The molecule has 1 aromatic rings. The highest BCUT2D eigenvalue weighted by molar-refractivity contribution is 5.98. The monoisotopic (exact) mass is 731 g/mol. The molecule has 0 bridgehead atoms. The van der Waals surface area contributed by atoms with Crippen molar-refractivity contribution in [1.29, 1.82) is 0 Å². The van der Waals surface area contributed by atoms with Gasteiger partial charge in [-0.3, -0.25) is 24.0 Å². The van der Waals surface area contributed by atoms with E-state index in [1.54, 1.807) is 7.11 Å². The number of hydrogen-bond acceptors (Lipinski definition) is 8. The number of ether oxygens (including phenoxy) is 3. The van der Waals surface area contributed by atoms with Gasteiger partial charge < -0.3 is 40.4 Å². The maximum absolute atomic E-state index is 14.8. The van der Waals surface area contributed by atoms with Gasteiger partial charge in [0.25, 0.3) is 0 Å². The first kappa shape index (κ1) is 44.6. The van der Waals surface area contributed by atoms with Crippen molar-refractivity contribution in [3.8, 4) is 0 Å². The van der Waals surface area contributed by atoms with Crippen LogP contribution in [0.15, 0.2) is 30.3 Å². The Labute approximate surface area is 311 Å². The molecule has 1 saturated heterocycles. The van der Waals surface area contributed by atoms with Crippen LogP contribution in [0.4, 0.5) is 0 Å². The van der Waals surface area contributed by atoms with E-state index in [0.717, 1.165) is 5.56 Å². The summed E-state index contributed by atoms with van der Waals surface area (Å²) in [6.07, 6.45) is 1.06. The number of amides is 5. The number of nitrogens with zero attached hydrogens (tertiary/aromatic N) is 1. The van der Waals surface area contributed by atoms with Gasteiger partial charge >= 0.3 is 0 Å². The summed E-state index contributed by atoms with van der Waals surface area (Å²) >= 11 is 0. The van der Waals surface area contributed by atoms with Crippen molar-refractivity contribution in [2.45, 2.75) is 111 Å². The SMILES string of the molecule is COCCOCCOCCN1C(=O)[C@H](Cc2ccccc2)NC(=O)[C@H](CC(C)C)NC(=O)[C@H](C(C)C)NC(=O)[C@H](CC(C)C)NC(=O)[C@@H]1CC(C)C. The molecule has 13 heteroatoms. The fourth-order valence-corrected chi connectivity index (χ4v) is 6.12. The van der Waals surface area contributed by atoms with Crippen LogP contribution in [-0.2, 0) is 44.6 Å². The lowest BCUT2D eigenvalue weighted by molar-refractivity contribution is -0.145. The zero-order valence-electron chi connectivity index (χ0n) is 32.9. The van der Waals surface area contributed by atoms with Gasteiger partial charge in [0.15, 0.2) is 0 Å². The Morgan fingerprint density at radius 3 is 1.63 bits per heavy atom. The predicted molar refractivity (Wildman–Crippen MR) is 200 cm³/mol. The molecule has 1 fully saturated rings. The normalized spacial score (nSPS) is 22.7. The summed E-state index contributed by atoms with van der Waals surface area (Å²) in [4.78, 5) is 72.5. The van der Waals surface area contributed by atoms with Crippen molar-refractivity contribution >= 4 is 29.5 Å². The van der Waals surface area contributed by atoms with E-state index in [2.05, 4.69) is 21.3 Å². The molecule has 0 unspecified atom stereocenters. The summed E-state index contributed by atoms with van der Waals surface area (Å²) in [7, 11) is 1.59. The molecule has 0 aliphatic carbocycles. The van der Waals surface area contributed by atoms with E-state index < -0.39 is 59.7 Å². The Kier molecular flexibility index (Phi) is 19.9. The molecular weight excluding hydrogens is 666 g/mol. The molecule has 4 N–H and O–H groups in total. The molecular formula is C39H65N5O8. The van der Waals surface area contributed by atoms with E-state index in [9.17, 15) is 24.0 Å². The second-order valence-electron chi connectivity index (χ2n) is 15.3. The van der Waals surface area contributed by atoms with Crippen molar-refractivity contribution < 1.29 is 38.2 Å². The quantitative estimate of drug-likeness (QED) is 0.168. The molecule has 5 atom stereocenters. The molecule has 0 aromatic heterocycles. The van der Waals surface area contributed by atoms with Crippen molar-refractivity contribution in [2.75, 3.05) is 46.7 Å². The molecule has 1 heterocycles. The van der Waals surface area contributed by atoms with Gasteiger partial charge in [0, 0.05) is 20.1 Å². The van der Waals surface area contributed by atoms with Crippen LogP contribution in [0.3, 0.4) is 0 Å². The van der Waals surface area contributed by atoms with E-state index in [-0.39, 0.29) is 49.9 Å². The lowest BCUT2D eigenvalue weighted by Gasteiger charge is -2.36. The first-order chi connectivity index (χ1) is 24.6. The smallest absolute Gasteiger partial charge is 0.246 e. The second kappa shape index (κ2) is 23.2. The molecule has 13 nitrogen and oxygen atoms in total. The van der Waals surface area contributed by atoms with E-state index in [1.807, 2.05) is 85.7 Å². The lowest BCUT2D eigenvalue weighted by atomic mass is 9.97. The van der Waals surface area contributed by atoms with E-state index in [1.165, 1.54) is 4.90 Å². The van der Waals surface area contributed by atoms with Crippen molar-refractivity contribution in [3.05, 3.63) is 35.9 Å². The maximum Gasteiger partial charge on any atom is 0.246 e. The van der Waals surface area contributed by atoms with Crippen LogP contribution < -0.4 is 21.3 Å². The first-order valence-electron chi connectivity index (χ1n) is 18.8. The van der Waals surface area contributed by atoms with Gasteiger partial charge in [-0.2, -0.15) is 0 Å². The van der Waals surface area contributed by atoms with Gasteiger partial charge in [-0.05, 0) is 48.5 Å². The van der Waals surface area contributed by atoms with Crippen LogP contribution in [0.5, 0.6) is 0 Å². The molecule has 1 aliphatic heterocycles. The van der Waals surface area contributed by atoms with Crippen LogP contribution in [0, 0.1) is 23.7 Å². The summed E-state index contributed by atoms with van der Waals surface area (Å²) in [6, 6.07) is 4.37. The second-order valence-corrected chi connectivity index (χ2v) is 15.3. The Balaban J connectivity index is 2.68. The van der Waals surface area contributed by atoms with E-state index in [0.29, 0.717) is 39.1 Å². The summed E-state index contributed by atoms with van der Waals surface area (Å²) in [5.41, 5.74) is 0.810. The van der Waals surface area contributed by atoms with Gasteiger partial charge in [-0.25, -0.2) is 0 Å². The van der Waals surface area contributed by atoms with Crippen molar-refractivity contribution in [1.82, 2.24) is 26.2 Å². The highest BCUT2D eigenvalue weighted by atomic mass is 16.5. The van der Waals surface area contributed by atoms with Crippen LogP contribution in [0.25, 0.3) is 0 Å². The molecule has 5 amide bonds. The minimum atomic E-state index is -1.07. The van der Waals surface area contributed by atoms with Gasteiger partial charge in [0.1, 0.15) is 30.2 Å². The highest BCUT2D eigenvalue weighted by Gasteiger charge is 2.39. The van der Waals surface area contributed by atoms with Crippen molar-refractivity contribution in [2.24, 2.45) is 23.7 Å². The number of carbonyl (C=O) groups is 5. The third kappa shape index (κ3) is 15.6. The van der Waals surface area contributed by atoms with Gasteiger partial charge in [-0.15, -0.1) is 0 Å². The predicted octanol–water partition coefficient (Wildman–Crippen LogP) is 2.85. The molecule has 0 radical (unpaired) electrons. The summed E-state index contributed by atoms with van der Waals surface area (Å²) < 4.78 is 16.4. The standard InChI is InChI=1S/C39H65N5O8/c1-25(2)21-30-35(45)42-32(24-29-13-11-10-12-14-29)39(49)44(15-16-51-19-20-52-18-17-50-9)33(23-27(5)6)37(47)40-31(22-26(3)4)36(46)43-34(28(7)8)38(48)41-30/h10-14,25-28,30-34H,15-24H2,1-9H3,(H,40,47)(H,41,48)(H,42,45)(H,43,46)/t30-,31-,32-,33-,34-/m0/s1. The number of nitrogens with one attached hydrogen (secondary N) is 4. The molecule has 294 valence electrons. The van der Waals surface area contributed by atoms with Crippen LogP contribution in [-0.4, -0.2) is 111 Å². The first-order valence-corrected chi connectivity index (χ1v) is 18.8. The summed E-state index contributed by atoms with van der Waals surface area (Å²) in [6.45, 7) is 16.9. The largest absolute Gasteiger partial charge is 0.382 e. The fraction of sp³-hybridized carbons (Fsp3) is 0.718. The Morgan fingerprint density at radius 1 is 0.596 bits per heavy atom. The number of methoxy groups -OCH3 is 1. The van der Waals surface area contributed by atoms with Gasteiger partial charge in [0.2, 0.25) is 29.5 Å². The number of carbonyl (C=O) groups excluding carboxylic acids is 5.